The van der Waals surface area contributed by atoms with E-state index in [0.29, 0.717) is 33.4 Å². The van der Waals surface area contributed by atoms with Gasteiger partial charge in [-0.15, -0.1) is 0 Å². The quantitative estimate of drug-likeness (QED) is 0.258. The van der Waals surface area contributed by atoms with Gasteiger partial charge in [0.1, 0.15) is 11.0 Å². The number of aromatic amines is 1. The molecule has 0 fully saturated rings. The molecule has 0 unspecified atom stereocenters. The highest BCUT2D eigenvalue weighted by Gasteiger charge is 2.24. The molecule has 0 aliphatic carbocycles. The molecule has 2 aromatic heterocycles. The van der Waals surface area contributed by atoms with Gasteiger partial charge in [0.2, 0.25) is 5.91 Å². The molecule has 35 heavy (non-hydrogen) atoms. The molecule has 0 bridgehead atoms. The normalized spacial score (nSPS) is 13.3. The second kappa shape index (κ2) is 8.91. The van der Waals surface area contributed by atoms with Gasteiger partial charge in [-0.3, -0.25) is 14.2 Å². The Hall–Kier alpha value is -3.55. The lowest BCUT2D eigenvalue weighted by Crippen LogP contribution is -2.36. The van der Waals surface area contributed by atoms with Gasteiger partial charge in [0.05, 0.1) is 11.4 Å². The molecule has 1 aliphatic rings. The van der Waals surface area contributed by atoms with Crippen LogP contribution in [0.3, 0.4) is 0 Å². The van der Waals surface area contributed by atoms with Crippen LogP contribution in [0.4, 0.5) is 5.69 Å². The van der Waals surface area contributed by atoms with Crippen LogP contribution in [-0.4, -0.2) is 32.7 Å². The van der Waals surface area contributed by atoms with Crippen LogP contribution in [0.5, 0.6) is 0 Å². The van der Waals surface area contributed by atoms with Crippen molar-refractivity contribution in [3.05, 3.63) is 93.7 Å². The molecule has 3 aromatic carbocycles. The maximum absolute atomic E-state index is 13.7. The average Bonchev–Trinajstić information content (AvgIpc) is 3.26. The summed E-state index contributed by atoms with van der Waals surface area (Å²) in [5, 5.41) is 1.84. The molecule has 0 radical (unpaired) electrons. The van der Waals surface area contributed by atoms with Gasteiger partial charge >= 0.3 is 0 Å². The van der Waals surface area contributed by atoms with Crippen LogP contribution < -0.4 is 10.5 Å². The number of para-hydroxylation sites is 2. The van der Waals surface area contributed by atoms with Gasteiger partial charge in [0.15, 0.2) is 5.16 Å². The Bertz CT molecular complexity index is 1660. The number of amides is 1. The van der Waals surface area contributed by atoms with E-state index < -0.39 is 0 Å². The van der Waals surface area contributed by atoms with Crippen molar-refractivity contribution in [2.75, 3.05) is 17.2 Å². The smallest absolute Gasteiger partial charge is 0.283 e. The number of hydrogen-bond acceptors (Lipinski definition) is 4. The number of benzene rings is 3. The Balaban J connectivity index is 1.43. The minimum absolute atomic E-state index is 0.00642. The number of H-pyrrole nitrogens is 1. The van der Waals surface area contributed by atoms with Crippen molar-refractivity contribution in [2.24, 2.45) is 0 Å². The Kier molecular flexibility index (Phi) is 5.59. The van der Waals surface area contributed by atoms with Crippen molar-refractivity contribution in [1.29, 1.82) is 0 Å². The molecule has 0 saturated heterocycles. The molecule has 174 valence electrons. The van der Waals surface area contributed by atoms with Crippen molar-refractivity contribution in [3.8, 4) is 5.69 Å². The summed E-state index contributed by atoms with van der Waals surface area (Å²) in [6.45, 7) is 0.687. The molecule has 3 heterocycles. The van der Waals surface area contributed by atoms with Gasteiger partial charge in [-0.05, 0) is 48.7 Å². The van der Waals surface area contributed by atoms with Crippen LogP contribution in [0.1, 0.15) is 12.0 Å². The van der Waals surface area contributed by atoms with Crippen molar-refractivity contribution < 1.29 is 4.79 Å². The first-order chi connectivity index (χ1) is 17.1. The Morgan fingerprint density at radius 3 is 2.77 bits per heavy atom. The summed E-state index contributed by atoms with van der Waals surface area (Å²) in [6, 6.07) is 22.8. The van der Waals surface area contributed by atoms with Gasteiger partial charge in [-0.25, -0.2) is 4.98 Å². The zero-order chi connectivity index (χ0) is 23.9. The number of hydrogen-bond donors (Lipinski definition) is 1. The first kappa shape index (κ1) is 21.9. The summed E-state index contributed by atoms with van der Waals surface area (Å²) in [5.41, 5.74) is 4.39. The number of nitrogens with zero attached hydrogens (tertiary/aromatic N) is 3. The van der Waals surface area contributed by atoms with Crippen LogP contribution in [0, 0.1) is 0 Å². The number of aromatic nitrogens is 3. The van der Waals surface area contributed by atoms with E-state index in [1.165, 1.54) is 21.9 Å². The molecule has 8 heteroatoms. The molecule has 1 amide bonds. The van der Waals surface area contributed by atoms with Gasteiger partial charge < -0.3 is 9.88 Å². The number of anilines is 1. The monoisotopic (exact) mass is 500 g/mol. The Morgan fingerprint density at radius 1 is 1.06 bits per heavy atom. The van der Waals surface area contributed by atoms with Crippen molar-refractivity contribution in [3.63, 3.8) is 0 Å². The van der Waals surface area contributed by atoms with Crippen LogP contribution in [-0.2, 0) is 11.2 Å². The molecule has 1 aliphatic heterocycles. The maximum atomic E-state index is 13.7. The zero-order valence-electron chi connectivity index (χ0n) is 18.7. The highest BCUT2D eigenvalue weighted by Crippen LogP contribution is 2.30. The number of carbonyl (C=O) groups excluding carboxylic acids is 1. The predicted molar refractivity (Wildman–Crippen MR) is 142 cm³/mol. The second-order valence-electron chi connectivity index (χ2n) is 8.48. The standard InChI is InChI=1S/C27H21ClN4O2S/c28-18-9-5-10-19(15-18)32-26(34)25-24(20-11-2-3-12-21(20)29-25)30-27(32)35-16-23(33)31-14-6-8-17-7-1-4-13-22(17)31/h1-5,7,9-13,15,29H,6,8,14,16H2. The van der Waals surface area contributed by atoms with E-state index in [9.17, 15) is 9.59 Å². The third-order valence-corrected chi connectivity index (χ3v) is 7.46. The molecule has 1 N–H and O–H groups in total. The molecule has 6 rings (SSSR count). The van der Waals surface area contributed by atoms with Gasteiger partial charge in [0, 0.05) is 28.2 Å². The number of rotatable bonds is 4. The van der Waals surface area contributed by atoms with E-state index in [1.54, 1.807) is 18.2 Å². The number of thioether (sulfide) groups is 1. The van der Waals surface area contributed by atoms with Crippen molar-refractivity contribution >= 4 is 56.9 Å². The highest BCUT2D eigenvalue weighted by atomic mass is 35.5. The minimum Gasteiger partial charge on any atom is -0.349 e. The maximum Gasteiger partial charge on any atom is 0.283 e. The molecule has 0 saturated carbocycles. The summed E-state index contributed by atoms with van der Waals surface area (Å²) in [4.78, 5) is 36.9. The highest BCUT2D eigenvalue weighted by molar-refractivity contribution is 7.99. The topological polar surface area (TPSA) is 71.0 Å². The van der Waals surface area contributed by atoms with Crippen LogP contribution in [0.15, 0.2) is 82.7 Å². The third-order valence-electron chi connectivity index (χ3n) is 6.30. The summed E-state index contributed by atoms with van der Waals surface area (Å²) >= 11 is 7.52. The molecule has 5 aromatic rings. The van der Waals surface area contributed by atoms with Crippen LogP contribution in [0.25, 0.3) is 27.6 Å². The molecule has 0 atom stereocenters. The number of halogens is 1. The fraction of sp³-hybridized carbons (Fsp3) is 0.148. The SMILES string of the molecule is O=C(CSc1nc2c([nH]c3ccccc32)c(=O)n1-c1cccc(Cl)c1)N1CCCc2ccccc21. The first-order valence-corrected chi connectivity index (χ1v) is 12.8. The molecule has 6 nitrogen and oxygen atoms in total. The number of nitrogens with one attached hydrogen (secondary N) is 1. The van der Waals surface area contributed by atoms with Gasteiger partial charge in [-0.2, -0.15) is 0 Å². The lowest BCUT2D eigenvalue weighted by Gasteiger charge is -2.29. The number of fused-ring (bicyclic) bond motifs is 4. The summed E-state index contributed by atoms with van der Waals surface area (Å²) < 4.78 is 1.53. The van der Waals surface area contributed by atoms with E-state index in [2.05, 4.69) is 11.1 Å². The Labute approximate surface area is 210 Å². The third kappa shape index (κ3) is 3.90. The molecular formula is C27H21ClN4O2S. The van der Waals surface area contributed by atoms with E-state index in [-0.39, 0.29) is 17.2 Å². The fourth-order valence-electron chi connectivity index (χ4n) is 4.68. The number of carbonyl (C=O) groups is 1. The van der Waals surface area contributed by atoms with Crippen LogP contribution >= 0.6 is 23.4 Å². The van der Waals surface area contributed by atoms with Crippen molar-refractivity contribution in [1.82, 2.24) is 14.5 Å². The first-order valence-electron chi connectivity index (χ1n) is 11.4. The van der Waals surface area contributed by atoms with E-state index in [0.717, 1.165) is 29.4 Å². The zero-order valence-corrected chi connectivity index (χ0v) is 20.3. The largest absolute Gasteiger partial charge is 0.349 e. The van der Waals surface area contributed by atoms with Crippen molar-refractivity contribution in [2.45, 2.75) is 18.0 Å². The van der Waals surface area contributed by atoms with E-state index >= 15 is 0 Å². The summed E-state index contributed by atoms with van der Waals surface area (Å²) in [6.07, 6.45) is 1.90. The molecule has 0 spiro atoms. The summed E-state index contributed by atoms with van der Waals surface area (Å²) in [5.74, 6) is 0.155. The lowest BCUT2D eigenvalue weighted by atomic mass is 10.0. The average molecular weight is 501 g/mol. The Morgan fingerprint density at radius 2 is 1.89 bits per heavy atom. The molecular weight excluding hydrogens is 480 g/mol. The summed E-state index contributed by atoms with van der Waals surface area (Å²) in [7, 11) is 0. The number of aryl methyl sites for hydroxylation is 1. The van der Waals surface area contributed by atoms with Gasteiger partial charge in [0.25, 0.3) is 5.56 Å². The van der Waals surface area contributed by atoms with Gasteiger partial charge in [-0.1, -0.05) is 65.8 Å². The lowest BCUT2D eigenvalue weighted by molar-refractivity contribution is -0.116. The van der Waals surface area contributed by atoms with Crippen LogP contribution in [0.2, 0.25) is 5.02 Å². The van der Waals surface area contributed by atoms with E-state index in [4.69, 9.17) is 16.6 Å². The fourth-order valence-corrected chi connectivity index (χ4v) is 5.75. The predicted octanol–water partition coefficient (Wildman–Crippen LogP) is 5.59. The second-order valence-corrected chi connectivity index (χ2v) is 9.85. The van der Waals surface area contributed by atoms with E-state index in [1.807, 2.05) is 53.4 Å². The minimum atomic E-state index is -0.230.